The van der Waals surface area contributed by atoms with Crippen molar-refractivity contribution < 1.29 is 9.47 Å². The molecule has 4 heteroatoms. The highest BCUT2D eigenvalue weighted by Gasteiger charge is 2.45. The number of rotatable bonds is 3. The molecule has 0 spiro atoms. The van der Waals surface area contributed by atoms with Gasteiger partial charge in [0.05, 0.1) is 0 Å². The molecule has 0 unspecified atom stereocenters. The van der Waals surface area contributed by atoms with Crippen LogP contribution in [0.25, 0.3) is 0 Å². The average molecular weight is 254 g/mol. The Morgan fingerprint density at radius 3 is 2.47 bits per heavy atom. The van der Waals surface area contributed by atoms with Gasteiger partial charge in [-0.15, -0.1) is 0 Å². The normalized spacial score (nSPS) is 20.1. The van der Waals surface area contributed by atoms with E-state index in [1.165, 1.54) is 18.4 Å². The van der Waals surface area contributed by atoms with Crippen molar-refractivity contribution in [2.24, 2.45) is 0 Å². The zero-order valence-corrected chi connectivity index (χ0v) is 10.6. The first-order valence-electron chi connectivity index (χ1n) is 5.99. The molecule has 0 bridgehead atoms. The van der Waals surface area contributed by atoms with E-state index in [-0.39, 0.29) is 5.41 Å². The second-order valence-electron chi connectivity index (χ2n) is 4.79. The maximum absolute atomic E-state index is 6.36. The number of ether oxygens (including phenoxy) is 2. The van der Waals surface area contributed by atoms with Gasteiger partial charge in [0.15, 0.2) is 11.5 Å². The Morgan fingerprint density at radius 2 is 1.88 bits per heavy atom. The van der Waals surface area contributed by atoms with Gasteiger partial charge in [0.1, 0.15) is 13.2 Å². The SMILES string of the molecule is CNCC1(c2cc3c(cc2Cl)OCCO3)CC1. The predicted octanol–water partition coefficient (Wildman–Crippen LogP) is 2.36. The summed E-state index contributed by atoms with van der Waals surface area (Å²) in [7, 11) is 1.98. The van der Waals surface area contributed by atoms with Crippen molar-refractivity contribution in [2.75, 3.05) is 26.8 Å². The van der Waals surface area contributed by atoms with Crippen LogP contribution >= 0.6 is 11.6 Å². The van der Waals surface area contributed by atoms with Crippen molar-refractivity contribution in [1.29, 1.82) is 0 Å². The number of halogens is 1. The van der Waals surface area contributed by atoms with Crippen molar-refractivity contribution >= 4 is 11.6 Å². The van der Waals surface area contributed by atoms with Crippen molar-refractivity contribution in [3.05, 3.63) is 22.7 Å². The van der Waals surface area contributed by atoms with E-state index in [1.54, 1.807) is 0 Å². The molecule has 0 amide bonds. The highest BCUT2D eigenvalue weighted by molar-refractivity contribution is 6.31. The van der Waals surface area contributed by atoms with Crippen LogP contribution in [0.4, 0.5) is 0 Å². The molecule has 0 radical (unpaired) electrons. The molecule has 17 heavy (non-hydrogen) atoms. The van der Waals surface area contributed by atoms with Gasteiger partial charge < -0.3 is 14.8 Å². The fourth-order valence-electron chi connectivity index (χ4n) is 2.50. The highest BCUT2D eigenvalue weighted by atomic mass is 35.5. The predicted molar refractivity (Wildman–Crippen MR) is 67.3 cm³/mol. The fourth-order valence-corrected chi connectivity index (χ4v) is 2.86. The van der Waals surface area contributed by atoms with Crippen molar-refractivity contribution in [3.8, 4) is 11.5 Å². The lowest BCUT2D eigenvalue weighted by atomic mass is 9.95. The Balaban J connectivity index is 2.00. The molecule has 1 aliphatic heterocycles. The lowest BCUT2D eigenvalue weighted by molar-refractivity contribution is 0.171. The summed E-state index contributed by atoms with van der Waals surface area (Å²) in [5.41, 5.74) is 1.40. The second-order valence-corrected chi connectivity index (χ2v) is 5.19. The lowest BCUT2D eigenvalue weighted by Gasteiger charge is -2.23. The summed E-state index contributed by atoms with van der Waals surface area (Å²) in [5.74, 6) is 1.60. The van der Waals surface area contributed by atoms with Crippen LogP contribution in [-0.2, 0) is 5.41 Å². The summed E-state index contributed by atoms with van der Waals surface area (Å²) in [5, 5.41) is 4.04. The topological polar surface area (TPSA) is 30.5 Å². The van der Waals surface area contributed by atoms with E-state index in [9.17, 15) is 0 Å². The molecular formula is C13H16ClNO2. The van der Waals surface area contributed by atoms with Crippen LogP contribution in [0.15, 0.2) is 12.1 Å². The maximum atomic E-state index is 6.36. The Kier molecular flexibility index (Phi) is 2.68. The molecule has 1 aromatic rings. The number of hydrogen-bond acceptors (Lipinski definition) is 3. The third-order valence-electron chi connectivity index (χ3n) is 3.57. The standard InChI is InChI=1S/C13H16ClNO2/c1-15-8-13(2-3-13)9-6-11-12(7-10(9)14)17-5-4-16-11/h6-7,15H,2-5,8H2,1H3. The Morgan fingerprint density at radius 1 is 1.24 bits per heavy atom. The molecule has 0 atom stereocenters. The van der Waals surface area contributed by atoms with Gasteiger partial charge in [0.2, 0.25) is 0 Å². The molecule has 1 aromatic carbocycles. The first kappa shape index (κ1) is 11.2. The van der Waals surface area contributed by atoms with E-state index in [0.717, 1.165) is 23.1 Å². The van der Waals surface area contributed by atoms with Crippen LogP contribution in [0, 0.1) is 0 Å². The van der Waals surface area contributed by atoms with Gasteiger partial charge in [0, 0.05) is 23.0 Å². The molecule has 1 saturated carbocycles. The Hall–Kier alpha value is -0.930. The quantitative estimate of drug-likeness (QED) is 0.897. The van der Waals surface area contributed by atoms with Crippen LogP contribution in [0.5, 0.6) is 11.5 Å². The summed E-state index contributed by atoms with van der Waals surface area (Å²) >= 11 is 6.36. The molecule has 1 heterocycles. The summed E-state index contributed by atoms with van der Waals surface area (Å²) < 4.78 is 11.1. The maximum Gasteiger partial charge on any atom is 0.162 e. The first-order valence-corrected chi connectivity index (χ1v) is 6.37. The van der Waals surface area contributed by atoms with E-state index in [2.05, 4.69) is 11.4 Å². The third-order valence-corrected chi connectivity index (χ3v) is 3.88. The van der Waals surface area contributed by atoms with E-state index in [1.807, 2.05) is 13.1 Å². The van der Waals surface area contributed by atoms with Crippen LogP contribution in [0.3, 0.4) is 0 Å². The highest BCUT2D eigenvalue weighted by Crippen LogP contribution is 2.52. The average Bonchev–Trinajstić information content (AvgIpc) is 3.09. The van der Waals surface area contributed by atoms with E-state index in [0.29, 0.717) is 13.2 Å². The monoisotopic (exact) mass is 253 g/mol. The van der Waals surface area contributed by atoms with Crippen molar-refractivity contribution in [1.82, 2.24) is 5.32 Å². The van der Waals surface area contributed by atoms with Crippen molar-refractivity contribution in [3.63, 3.8) is 0 Å². The summed E-state index contributed by atoms with van der Waals surface area (Å²) in [4.78, 5) is 0. The summed E-state index contributed by atoms with van der Waals surface area (Å²) in [6, 6.07) is 3.95. The van der Waals surface area contributed by atoms with Crippen LogP contribution < -0.4 is 14.8 Å². The van der Waals surface area contributed by atoms with Gasteiger partial charge in [-0.1, -0.05) is 11.6 Å². The molecule has 0 aromatic heterocycles. The Bertz CT molecular complexity index is 443. The first-order chi connectivity index (χ1) is 8.25. The minimum atomic E-state index is 0.210. The van der Waals surface area contributed by atoms with E-state index >= 15 is 0 Å². The molecule has 0 saturated heterocycles. The zero-order valence-electron chi connectivity index (χ0n) is 9.88. The minimum absolute atomic E-state index is 0.210. The van der Waals surface area contributed by atoms with Crippen molar-refractivity contribution in [2.45, 2.75) is 18.3 Å². The molecular weight excluding hydrogens is 238 g/mol. The second kappa shape index (κ2) is 4.07. The van der Waals surface area contributed by atoms with Crippen LogP contribution in [0.2, 0.25) is 5.02 Å². The van der Waals surface area contributed by atoms with Gasteiger partial charge in [-0.05, 0) is 31.5 Å². The molecule has 92 valence electrons. The van der Waals surface area contributed by atoms with E-state index < -0.39 is 0 Å². The third kappa shape index (κ3) is 1.87. The lowest BCUT2D eigenvalue weighted by Crippen LogP contribution is -2.24. The molecule has 2 aliphatic rings. The molecule has 1 N–H and O–H groups in total. The Labute approximate surface area is 106 Å². The van der Waals surface area contributed by atoms with Gasteiger partial charge in [0.25, 0.3) is 0 Å². The van der Waals surface area contributed by atoms with Gasteiger partial charge in [-0.25, -0.2) is 0 Å². The smallest absolute Gasteiger partial charge is 0.162 e. The molecule has 3 nitrogen and oxygen atoms in total. The summed E-state index contributed by atoms with van der Waals surface area (Å²) in [6.45, 7) is 2.18. The molecule has 1 aliphatic carbocycles. The molecule has 1 fully saturated rings. The fraction of sp³-hybridized carbons (Fsp3) is 0.538. The zero-order chi connectivity index (χ0) is 11.9. The van der Waals surface area contributed by atoms with Gasteiger partial charge in [-0.2, -0.15) is 0 Å². The van der Waals surface area contributed by atoms with Crippen LogP contribution in [-0.4, -0.2) is 26.8 Å². The molecule has 3 rings (SSSR count). The van der Waals surface area contributed by atoms with Gasteiger partial charge in [-0.3, -0.25) is 0 Å². The number of nitrogens with one attached hydrogen (secondary N) is 1. The number of fused-ring (bicyclic) bond motifs is 1. The van der Waals surface area contributed by atoms with Gasteiger partial charge >= 0.3 is 0 Å². The number of likely N-dealkylation sites (N-methyl/N-ethyl adjacent to an activating group) is 1. The number of hydrogen-bond donors (Lipinski definition) is 1. The summed E-state index contributed by atoms with van der Waals surface area (Å²) in [6.07, 6.45) is 2.38. The largest absolute Gasteiger partial charge is 0.486 e. The number of benzene rings is 1. The van der Waals surface area contributed by atoms with Crippen LogP contribution in [0.1, 0.15) is 18.4 Å². The van der Waals surface area contributed by atoms with E-state index in [4.69, 9.17) is 21.1 Å². The minimum Gasteiger partial charge on any atom is -0.486 e.